The van der Waals surface area contributed by atoms with Crippen LogP contribution in [0.3, 0.4) is 0 Å². The molecule has 0 unspecified atom stereocenters. The molecule has 6 nitrogen and oxygen atoms in total. The second-order valence-electron chi connectivity index (χ2n) is 7.29. The highest BCUT2D eigenvalue weighted by Crippen LogP contribution is 2.20. The first kappa shape index (κ1) is 25.5. The number of benzene rings is 2. The summed E-state index contributed by atoms with van der Waals surface area (Å²) in [5, 5.41) is 6.39. The van der Waals surface area contributed by atoms with E-state index in [-0.39, 0.29) is 29.8 Å². The molecule has 0 amide bonds. The smallest absolute Gasteiger partial charge is 0.243 e. The predicted octanol–water partition coefficient (Wildman–Crippen LogP) is 3.87. The van der Waals surface area contributed by atoms with Gasteiger partial charge in [-0.15, -0.1) is 24.0 Å². The lowest BCUT2D eigenvalue weighted by Crippen LogP contribution is -2.37. The van der Waals surface area contributed by atoms with Crippen molar-refractivity contribution in [1.29, 1.82) is 0 Å². The first-order valence-electron chi connectivity index (χ1n) is 10.3. The van der Waals surface area contributed by atoms with Gasteiger partial charge in [0.25, 0.3) is 0 Å². The third-order valence-electron chi connectivity index (χ3n) is 4.99. The molecule has 9 heteroatoms. The van der Waals surface area contributed by atoms with Gasteiger partial charge in [-0.3, -0.25) is 0 Å². The van der Waals surface area contributed by atoms with E-state index >= 15 is 0 Å². The summed E-state index contributed by atoms with van der Waals surface area (Å²) in [6.45, 7) is 4.72. The van der Waals surface area contributed by atoms with E-state index in [2.05, 4.69) is 15.6 Å². The molecule has 1 aliphatic rings. The van der Waals surface area contributed by atoms with Crippen molar-refractivity contribution in [3.8, 4) is 0 Å². The lowest BCUT2D eigenvalue weighted by atomic mass is 10.2. The average molecular weight is 560 g/mol. The van der Waals surface area contributed by atoms with E-state index in [1.807, 2.05) is 25.1 Å². The summed E-state index contributed by atoms with van der Waals surface area (Å²) in [5.74, 6) is 0.340. The fourth-order valence-corrected chi connectivity index (χ4v) is 4.88. The number of nitrogens with zero attached hydrogens (tertiary/aromatic N) is 2. The number of piperidine rings is 1. The normalized spacial score (nSPS) is 15.2. The van der Waals surface area contributed by atoms with E-state index in [1.165, 1.54) is 12.1 Å². The van der Waals surface area contributed by atoms with Gasteiger partial charge >= 0.3 is 0 Å². The number of guanidine groups is 1. The van der Waals surface area contributed by atoms with Crippen molar-refractivity contribution in [3.63, 3.8) is 0 Å². The third kappa shape index (κ3) is 7.43. The van der Waals surface area contributed by atoms with Gasteiger partial charge in [0, 0.05) is 26.2 Å². The van der Waals surface area contributed by atoms with Gasteiger partial charge in [-0.2, -0.15) is 4.31 Å². The van der Waals surface area contributed by atoms with Gasteiger partial charge in [-0.05, 0) is 55.2 Å². The topological polar surface area (TPSA) is 73.8 Å². The van der Waals surface area contributed by atoms with E-state index in [9.17, 15) is 12.8 Å². The van der Waals surface area contributed by atoms with Crippen LogP contribution in [0.1, 0.15) is 37.3 Å². The fraction of sp³-hybridized carbons (Fsp3) is 0.409. The predicted molar refractivity (Wildman–Crippen MR) is 133 cm³/mol. The van der Waals surface area contributed by atoms with Crippen LogP contribution < -0.4 is 10.6 Å². The highest BCUT2D eigenvalue weighted by molar-refractivity contribution is 14.0. The number of hydrogen-bond acceptors (Lipinski definition) is 3. The Hall–Kier alpha value is -1.72. The molecule has 0 aromatic heterocycles. The van der Waals surface area contributed by atoms with E-state index in [0.29, 0.717) is 43.6 Å². The number of sulfonamides is 1. The van der Waals surface area contributed by atoms with Gasteiger partial charge < -0.3 is 10.6 Å². The molecule has 0 bridgehead atoms. The molecule has 2 N–H and O–H groups in total. The van der Waals surface area contributed by atoms with Crippen LogP contribution in [0.25, 0.3) is 0 Å². The first-order valence-corrected chi connectivity index (χ1v) is 11.8. The monoisotopic (exact) mass is 560 g/mol. The first-order chi connectivity index (χ1) is 14.5. The lowest BCUT2D eigenvalue weighted by Gasteiger charge is -2.25. The minimum absolute atomic E-state index is 0. The van der Waals surface area contributed by atoms with Crippen LogP contribution in [-0.4, -0.2) is 38.3 Å². The Labute approximate surface area is 201 Å². The largest absolute Gasteiger partial charge is 0.357 e. The summed E-state index contributed by atoms with van der Waals surface area (Å²) < 4.78 is 40.4. The molecule has 1 saturated heterocycles. The van der Waals surface area contributed by atoms with E-state index in [4.69, 9.17) is 0 Å². The Morgan fingerprint density at radius 1 is 1.03 bits per heavy atom. The van der Waals surface area contributed by atoms with E-state index in [0.717, 1.165) is 30.4 Å². The minimum atomic E-state index is -3.42. The summed E-state index contributed by atoms with van der Waals surface area (Å²) in [6.07, 6.45) is 2.93. The van der Waals surface area contributed by atoms with Crippen molar-refractivity contribution >= 4 is 40.0 Å². The molecule has 1 fully saturated rings. The molecular formula is C22H30FIN4O2S. The van der Waals surface area contributed by atoms with Crippen LogP contribution >= 0.6 is 24.0 Å². The van der Waals surface area contributed by atoms with Gasteiger partial charge in [0.2, 0.25) is 10.0 Å². The minimum Gasteiger partial charge on any atom is -0.357 e. The number of aliphatic imine (C=N–C) groups is 1. The second kappa shape index (κ2) is 12.4. The summed E-state index contributed by atoms with van der Waals surface area (Å²) in [5.41, 5.74) is 1.74. The zero-order valence-electron chi connectivity index (χ0n) is 17.7. The number of nitrogens with one attached hydrogen (secondary N) is 2. The van der Waals surface area contributed by atoms with Crippen LogP contribution in [0.4, 0.5) is 4.39 Å². The summed E-state index contributed by atoms with van der Waals surface area (Å²) in [6, 6.07) is 13.3. The Balaban J connectivity index is 0.00000341. The number of halogens is 2. The molecule has 3 rings (SSSR count). The van der Waals surface area contributed by atoms with Crippen molar-refractivity contribution in [2.24, 2.45) is 4.99 Å². The molecule has 0 saturated carbocycles. The fourth-order valence-electron chi connectivity index (χ4n) is 3.37. The van der Waals surface area contributed by atoms with Crippen molar-refractivity contribution in [2.45, 2.75) is 44.2 Å². The lowest BCUT2D eigenvalue weighted by molar-refractivity contribution is 0.346. The molecule has 1 aliphatic heterocycles. The van der Waals surface area contributed by atoms with Crippen molar-refractivity contribution < 1.29 is 12.8 Å². The highest BCUT2D eigenvalue weighted by atomic mass is 127. The molecule has 2 aromatic carbocycles. The van der Waals surface area contributed by atoms with Crippen LogP contribution in [0.5, 0.6) is 0 Å². The Morgan fingerprint density at radius 2 is 1.74 bits per heavy atom. The van der Waals surface area contributed by atoms with Crippen LogP contribution in [0.2, 0.25) is 0 Å². The van der Waals surface area contributed by atoms with E-state index in [1.54, 1.807) is 22.5 Å². The summed E-state index contributed by atoms with van der Waals surface area (Å²) in [7, 11) is -3.42. The zero-order valence-corrected chi connectivity index (χ0v) is 20.8. The Morgan fingerprint density at radius 3 is 2.39 bits per heavy atom. The zero-order chi connectivity index (χ0) is 21.4. The maximum atomic E-state index is 13.3. The van der Waals surface area contributed by atoms with Crippen LogP contribution in [-0.2, 0) is 23.1 Å². The van der Waals surface area contributed by atoms with Crippen LogP contribution in [0, 0.1) is 5.82 Å². The van der Waals surface area contributed by atoms with E-state index < -0.39 is 10.0 Å². The molecule has 0 radical (unpaired) electrons. The molecule has 1 heterocycles. The maximum absolute atomic E-state index is 13.3. The van der Waals surface area contributed by atoms with Gasteiger partial charge in [-0.25, -0.2) is 17.8 Å². The van der Waals surface area contributed by atoms with Gasteiger partial charge in [0.05, 0.1) is 11.4 Å². The van der Waals surface area contributed by atoms with Crippen LogP contribution in [0.15, 0.2) is 58.4 Å². The molecule has 0 atom stereocenters. The second-order valence-corrected chi connectivity index (χ2v) is 9.23. The maximum Gasteiger partial charge on any atom is 0.243 e. The Kier molecular flexibility index (Phi) is 10.2. The van der Waals surface area contributed by atoms with Crippen molar-refractivity contribution in [1.82, 2.24) is 14.9 Å². The average Bonchev–Trinajstić information content (AvgIpc) is 2.76. The highest BCUT2D eigenvalue weighted by Gasteiger charge is 2.25. The molecule has 2 aromatic rings. The van der Waals surface area contributed by atoms with Gasteiger partial charge in [0.15, 0.2) is 5.96 Å². The van der Waals surface area contributed by atoms with Gasteiger partial charge in [0.1, 0.15) is 5.82 Å². The van der Waals surface area contributed by atoms with Crippen molar-refractivity contribution in [3.05, 3.63) is 65.5 Å². The molecule has 0 spiro atoms. The SMILES string of the molecule is CCNC(=NCc1cccc(F)c1)NCc1ccc(S(=O)(=O)N2CCCCC2)cc1.I. The molecular weight excluding hydrogens is 530 g/mol. The molecule has 0 aliphatic carbocycles. The van der Waals surface area contributed by atoms with Gasteiger partial charge in [-0.1, -0.05) is 30.7 Å². The summed E-state index contributed by atoms with van der Waals surface area (Å²) >= 11 is 0. The summed E-state index contributed by atoms with van der Waals surface area (Å²) in [4.78, 5) is 4.82. The molecule has 170 valence electrons. The Bertz CT molecular complexity index is 962. The standard InChI is InChI=1S/C22H29FN4O2S.HI/c1-2-24-22(26-17-19-7-6-8-20(23)15-19)25-16-18-9-11-21(12-10-18)30(28,29)27-13-4-3-5-14-27;/h6-12,15H,2-5,13-14,16-17H2,1H3,(H2,24,25,26);1H. The van der Waals surface area contributed by atoms with Crippen molar-refractivity contribution in [2.75, 3.05) is 19.6 Å². The molecule has 31 heavy (non-hydrogen) atoms. The third-order valence-corrected chi connectivity index (χ3v) is 6.90. The number of hydrogen-bond donors (Lipinski definition) is 2. The number of rotatable bonds is 7. The quantitative estimate of drug-likeness (QED) is 0.307.